The van der Waals surface area contributed by atoms with Crippen LogP contribution >= 0.6 is 11.6 Å². The first-order chi connectivity index (χ1) is 10.9. The molecule has 1 amide bonds. The van der Waals surface area contributed by atoms with Gasteiger partial charge >= 0.3 is 0 Å². The quantitative estimate of drug-likeness (QED) is 0.837. The molecule has 6 heteroatoms. The largest absolute Gasteiger partial charge is 0.481 e. The van der Waals surface area contributed by atoms with E-state index < -0.39 is 17.8 Å². The van der Waals surface area contributed by atoms with E-state index in [0.29, 0.717) is 11.3 Å². The highest BCUT2D eigenvalue weighted by molar-refractivity contribution is 6.30. The van der Waals surface area contributed by atoms with Crippen molar-refractivity contribution < 1.29 is 18.7 Å². The minimum absolute atomic E-state index is 0.0294. The van der Waals surface area contributed by atoms with Gasteiger partial charge in [0.1, 0.15) is 11.6 Å². The summed E-state index contributed by atoms with van der Waals surface area (Å²) < 4.78 is 19.1. The maximum atomic E-state index is 13.6. The second kappa shape index (κ2) is 7.24. The summed E-state index contributed by atoms with van der Waals surface area (Å²) in [5.74, 6) is -0.736. The summed E-state index contributed by atoms with van der Waals surface area (Å²) in [7, 11) is 0. The Labute approximate surface area is 138 Å². The van der Waals surface area contributed by atoms with Crippen molar-refractivity contribution in [2.24, 2.45) is 0 Å². The van der Waals surface area contributed by atoms with Gasteiger partial charge in [-0.05, 0) is 56.3 Å². The van der Waals surface area contributed by atoms with Crippen LogP contribution in [0.1, 0.15) is 24.2 Å². The smallest absolute Gasteiger partial charge is 0.265 e. The van der Waals surface area contributed by atoms with Crippen LogP contribution in [0.5, 0.6) is 5.75 Å². The van der Waals surface area contributed by atoms with Crippen molar-refractivity contribution in [2.45, 2.75) is 20.0 Å². The number of benzene rings is 2. The van der Waals surface area contributed by atoms with E-state index in [2.05, 4.69) is 5.32 Å². The second-order valence-electron chi connectivity index (χ2n) is 4.95. The van der Waals surface area contributed by atoms with Crippen molar-refractivity contribution >= 4 is 29.0 Å². The van der Waals surface area contributed by atoms with Gasteiger partial charge in [-0.25, -0.2) is 4.39 Å². The first kappa shape index (κ1) is 17.0. The number of halogens is 2. The van der Waals surface area contributed by atoms with E-state index in [1.54, 1.807) is 31.2 Å². The third kappa shape index (κ3) is 4.53. The Hall–Kier alpha value is -2.40. The van der Waals surface area contributed by atoms with Gasteiger partial charge in [-0.3, -0.25) is 9.59 Å². The molecule has 0 aromatic heterocycles. The third-order valence-electron chi connectivity index (χ3n) is 3.13. The predicted octanol–water partition coefficient (Wildman–Crippen LogP) is 4.09. The normalized spacial score (nSPS) is 11.7. The predicted molar refractivity (Wildman–Crippen MR) is 86.6 cm³/mol. The standard InChI is InChI=1S/C17H15ClFNO3/c1-10(21)12-3-6-14(7-4-12)23-11(2)17(22)20-16-8-5-13(18)9-15(16)19/h3-9,11H,1-2H3,(H,20,22)/t11-/m0/s1. The van der Waals surface area contributed by atoms with Crippen LogP contribution in [-0.4, -0.2) is 17.8 Å². The van der Waals surface area contributed by atoms with Gasteiger partial charge in [-0.1, -0.05) is 11.6 Å². The lowest BCUT2D eigenvalue weighted by Crippen LogP contribution is -2.30. The van der Waals surface area contributed by atoms with Gasteiger partial charge < -0.3 is 10.1 Å². The van der Waals surface area contributed by atoms with Crippen molar-refractivity contribution in [2.75, 3.05) is 5.32 Å². The molecule has 120 valence electrons. The first-order valence-corrected chi connectivity index (χ1v) is 7.28. The molecular weight excluding hydrogens is 321 g/mol. The lowest BCUT2D eigenvalue weighted by atomic mass is 10.1. The summed E-state index contributed by atoms with van der Waals surface area (Å²) in [5.41, 5.74) is 0.583. The zero-order valence-electron chi connectivity index (χ0n) is 12.6. The summed E-state index contributed by atoms with van der Waals surface area (Å²) in [4.78, 5) is 23.2. The lowest BCUT2D eigenvalue weighted by Gasteiger charge is -2.15. The number of ketones is 1. The molecule has 0 aliphatic carbocycles. The molecular formula is C17H15ClFNO3. The Morgan fingerprint density at radius 3 is 2.39 bits per heavy atom. The van der Waals surface area contributed by atoms with E-state index in [4.69, 9.17) is 16.3 Å². The molecule has 0 heterocycles. The first-order valence-electron chi connectivity index (χ1n) is 6.90. The fraction of sp³-hybridized carbons (Fsp3) is 0.176. The van der Waals surface area contributed by atoms with Gasteiger partial charge in [-0.15, -0.1) is 0 Å². The van der Waals surface area contributed by atoms with E-state index in [-0.39, 0.29) is 16.5 Å². The number of amides is 1. The van der Waals surface area contributed by atoms with E-state index in [1.165, 1.54) is 19.1 Å². The maximum Gasteiger partial charge on any atom is 0.265 e. The fourth-order valence-electron chi connectivity index (χ4n) is 1.85. The molecule has 23 heavy (non-hydrogen) atoms. The number of hydrogen-bond donors (Lipinski definition) is 1. The lowest BCUT2D eigenvalue weighted by molar-refractivity contribution is -0.122. The van der Waals surface area contributed by atoms with E-state index >= 15 is 0 Å². The minimum atomic E-state index is -0.840. The highest BCUT2D eigenvalue weighted by Gasteiger charge is 2.16. The zero-order chi connectivity index (χ0) is 17.0. The number of ether oxygens (including phenoxy) is 1. The summed E-state index contributed by atoms with van der Waals surface area (Å²) in [5, 5.41) is 2.68. The summed E-state index contributed by atoms with van der Waals surface area (Å²) in [6.45, 7) is 3.01. The molecule has 0 fully saturated rings. The van der Waals surface area contributed by atoms with Gasteiger partial charge in [0.05, 0.1) is 5.69 Å². The molecule has 2 aromatic carbocycles. The van der Waals surface area contributed by atoms with Crippen LogP contribution < -0.4 is 10.1 Å². The number of rotatable bonds is 5. The Morgan fingerprint density at radius 1 is 1.17 bits per heavy atom. The Balaban J connectivity index is 2.00. The molecule has 1 N–H and O–H groups in total. The average molecular weight is 336 g/mol. The van der Waals surface area contributed by atoms with Gasteiger partial charge in [0.15, 0.2) is 11.9 Å². The van der Waals surface area contributed by atoms with Gasteiger partial charge in [0, 0.05) is 10.6 Å². The zero-order valence-corrected chi connectivity index (χ0v) is 13.4. The number of nitrogens with one attached hydrogen (secondary N) is 1. The molecule has 0 spiro atoms. The third-order valence-corrected chi connectivity index (χ3v) is 3.37. The van der Waals surface area contributed by atoms with Crippen LogP contribution in [-0.2, 0) is 4.79 Å². The topological polar surface area (TPSA) is 55.4 Å². The van der Waals surface area contributed by atoms with Crippen molar-refractivity contribution in [1.29, 1.82) is 0 Å². The van der Waals surface area contributed by atoms with Crippen molar-refractivity contribution in [3.05, 3.63) is 58.9 Å². The van der Waals surface area contributed by atoms with Crippen LogP contribution in [0.3, 0.4) is 0 Å². The number of Topliss-reactive ketones (excluding diaryl/α,β-unsaturated/α-hetero) is 1. The van der Waals surface area contributed by atoms with Crippen molar-refractivity contribution in [1.82, 2.24) is 0 Å². The van der Waals surface area contributed by atoms with E-state index in [0.717, 1.165) is 6.07 Å². The Morgan fingerprint density at radius 2 is 1.83 bits per heavy atom. The van der Waals surface area contributed by atoms with Crippen molar-refractivity contribution in [3.63, 3.8) is 0 Å². The molecule has 0 saturated carbocycles. The fourth-order valence-corrected chi connectivity index (χ4v) is 2.01. The number of hydrogen-bond acceptors (Lipinski definition) is 3. The number of carbonyl (C=O) groups is 2. The summed E-state index contributed by atoms with van der Waals surface area (Å²) >= 11 is 5.66. The summed E-state index contributed by atoms with van der Waals surface area (Å²) in [6, 6.07) is 10.4. The van der Waals surface area contributed by atoms with Gasteiger partial charge in [0.25, 0.3) is 5.91 Å². The SMILES string of the molecule is CC(=O)c1ccc(O[C@@H](C)C(=O)Nc2ccc(Cl)cc2F)cc1. The Bertz CT molecular complexity index is 731. The molecule has 0 unspecified atom stereocenters. The highest BCUT2D eigenvalue weighted by Crippen LogP contribution is 2.20. The number of carbonyl (C=O) groups excluding carboxylic acids is 2. The molecule has 0 aliphatic rings. The molecule has 4 nitrogen and oxygen atoms in total. The molecule has 1 atom stereocenters. The average Bonchev–Trinajstić information content (AvgIpc) is 2.50. The van der Waals surface area contributed by atoms with Gasteiger partial charge in [0.2, 0.25) is 0 Å². The second-order valence-corrected chi connectivity index (χ2v) is 5.39. The monoisotopic (exact) mass is 335 g/mol. The van der Waals surface area contributed by atoms with Crippen LogP contribution in [0.25, 0.3) is 0 Å². The summed E-state index contributed by atoms with van der Waals surface area (Å²) in [6.07, 6.45) is -0.840. The van der Waals surface area contributed by atoms with Crippen LogP contribution in [0.2, 0.25) is 5.02 Å². The maximum absolute atomic E-state index is 13.6. The van der Waals surface area contributed by atoms with Crippen LogP contribution in [0.4, 0.5) is 10.1 Å². The van der Waals surface area contributed by atoms with Crippen LogP contribution in [0.15, 0.2) is 42.5 Å². The highest BCUT2D eigenvalue weighted by atomic mass is 35.5. The van der Waals surface area contributed by atoms with E-state index in [1.807, 2.05) is 0 Å². The molecule has 0 radical (unpaired) electrons. The molecule has 2 rings (SSSR count). The molecule has 0 saturated heterocycles. The molecule has 2 aromatic rings. The van der Waals surface area contributed by atoms with Crippen molar-refractivity contribution in [3.8, 4) is 5.75 Å². The number of anilines is 1. The molecule has 0 bridgehead atoms. The van der Waals surface area contributed by atoms with E-state index in [9.17, 15) is 14.0 Å². The van der Waals surface area contributed by atoms with Crippen LogP contribution in [0, 0.1) is 5.82 Å². The Kier molecular flexibility index (Phi) is 5.34. The molecule has 0 aliphatic heterocycles. The van der Waals surface area contributed by atoms with Gasteiger partial charge in [-0.2, -0.15) is 0 Å². The minimum Gasteiger partial charge on any atom is -0.481 e.